The zero-order chi connectivity index (χ0) is 13.4. The maximum atomic E-state index is 11.3. The third-order valence-corrected chi connectivity index (χ3v) is 1.92. The minimum atomic E-state index is -1.51. The number of nitrogens with one attached hydrogen (secondary N) is 1. The predicted molar refractivity (Wildman–Crippen MR) is 56.3 cm³/mol. The lowest BCUT2D eigenvalue weighted by Gasteiger charge is -2.16. The summed E-state index contributed by atoms with van der Waals surface area (Å²) in [4.78, 5) is 33.5. The van der Waals surface area contributed by atoms with Crippen LogP contribution in [0.2, 0.25) is 0 Å². The Morgan fingerprint density at radius 2 is 2.00 bits per heavy atom. The maximum Gasteiger partial charge on any atom is 0.332 e. The summed E-state index contributed by atoms with van der Waals surface area (Å²) in [6.07, 6.45) is -1.62. The van der Waals surface area contributed by atoms with E-state index < -0.39 is 24.1 Å². The summed E-state index contributed by atoms with van der Waals surface area (Å²) in [5, 5.41) is 19.6. The van der Waals surface area contributed by atoms with Crippen LogP contribution < -0.4 is 5.32 Å². The molecule has 0 bridgehead atoms. The first kappa shape index (κ1) is 15.2. The van der Waals surface area contributed by atoms with Gasteiger partial charge in [0.1, 0.15) is 6.54 Å². The van der Waals surface area contributed by atoms with Gasteiger partial charge in [-0.3, -0.25) is 4.79 Å². The highest BCUT2D eigenvalue weighted by molar-refractivity contribution is 5.80. The topological polar surface area (TPSA) is 116 Å². The second-order valence-corrected chi connectivity index (χ2v) is 3.31. The average molecular weight is 248 g/mol. The molecule has 98 valence electrons. The third-order valence-electron chi connectivity index (χ3n) is 1.92. The lowest BCUT2D eigenvalue weighted by Crippen LogP contribution is -2.41. The van der Waals surface area contributed by atoms with Crippen LogP contribution in [-0.2, 0) is 14.3 Å². The first-order valence-corrected chi connectivity index (χ1v) is 4.85. The Morgan fingerprint density at radius 1 is 1.41 bits per heavy atom. The highest BCUT2D eigenvalue weighted by Gasteiger charge is 2.15. The molecule has 3 N–H and O–H groups in total. The number of urea groups is 1. The minimum Gasteiger partial charge on any atom is -0.479 e. The number of nitrogens with zero attached hydrogens (tertiary/aromatic N) is 1. The lowest BCUT2D eigenvalue weighted by atomic mass is 10.2. The van der Waals surface area contributed by atoms with E-state index in [-0.39, 0.29) is 19.5 Å². The number of hydrogen-bond donors (Lipinski definition) is 3. The molecular weight excluding hydrogens is 232 g/mol. The van der Waals surface area contributed by atoms with E-state index in [1.807, 2.05) is 0 Å². The van der Waals surface area contributed by atoms with Gasteiger partial charge in [0.15, 0.2) is 6.10 Å². The van der Waals surface area contributed by atoms with Crippen molar-refractivity contribution in [2.45, 2.75) is 12.5 Å². The van der Waals surface area contributed by atoms with Gasteiger partial charge >= 0.3 is 18.0 Å². The molecule has 1 atom stereocenters. The summed E-state index contributed by atoms with van der Waals surface area (Å²) in [5.74, 6) is -1.91. The Hall–Kier alpha value is -1.83. The van der Waals surface area contributed by atoms with Crippen LogP contribution in [0, 0.1) is 0 Å². The van der Waals surface area contributed by atoms with E-state index in [2.05, 4.69) is 10.1 Å². The number of ether oxygens (including phenoxy) is 1. The van der Waals surface area contributed by atoms with Crippen molar-refractivity contribution in [3.63, 3.8) is 0 Å². The largest absolute Gasteiger partial charge is 0.479 e. The van der Waals surface area contributed by atoms with Crippen LogP contribution in [0.25, 0.3) is 0 Å². The van der Waals surface area contributed by atoms with Gasteiger partial charge in [-0.15, -0.1) is 0 Å². The van der Waals surface area contributed by atoms with Crippen molar-refractivity contribution in [2.75, 3.05) is 27.2 Å². The quantitative estimate of drug-likeness (QED) is 0.500. The molecule has 0 spiro atoms. The molecule has 0 saturated carbocycles. The van der Waals surface area contributed by atoms with E-state index in [0.717, 1.165) is 4.90 Å². The monoisotopic (exact) mass is 248 g/mol. The van der Waals surface area contributed by atoms with Crippen molar-refractivity contribution in [2.24, 2.45) is 0 Å². The van der Waals surface area contributed by atoms with Crippen LogP contribution in [0.5, 0.6) is 0 Å². The normalized spacial score (nSPS) is 11.5. The second-order valence-electron chi connectivity index (χ2n) is 3.31. The first-order valence-electron chi connectivity index (χ1n) is 4.85. The molecule has 0 aromatic heterocycles. The zero-order valence-corrected chi connectivity index (χ0v) is 9.67. The molecule has 0 aliphatic rings. The van der Waals surface area contributed by atoms with Crippen molar-refractivity contribution in [3.05, 3.63) is 0 Å². The molecule has 8 heteroatoms. The van der Waals surface area contributed by atoms with Crippen LogP contribution in [-0.4, -0.2) is 66.4 Å². The second kappa shape index (κ2) is 7.44. The zero-order valence-electron chi connectivity index (χ0n) is 9.67. The van der Waals surface area contributed by atoms with Gasteiger partial charge in [0.05, 0.1) is 7.11 Å². The molecule has 2 amide bonds. The highest BCUT2D eigenvalue weighted by atomic mass is 16.5. The van der Waals surface area contributed by atoms with E-state index in [4.69, 9.17) is 10.2 Å². The van der Waals surface area contributed by atoms with Gasteiger partial charge in [-0.1, -0.05) is 0 Å². The molecule has 0 saturated heterocycles. The summed E-state index contributed by atoms with van der Waals surface area (Å²) in [6, 6.07) is -0.548. The molecule has 0 aliphatic carbocycles. The number of esters is 1. The van der Waals surface area contributed by atoms with E-state index in [9.17, 15) is 14.4 Å². The fourth-order valence-corrected chi connectivity index (χ4v) is 0.904. The van der Waals surface area contributed by atoms with Crippen LogP contribution in [0.3, 0.4) is 0 Å². The van der Waals surface area contributed by atoms with Crippen LogP contribution in [0.1, 0.15) is 6.42 Å². The van der Waals surface area contributed by atoms with Gasteiger partial charge in [0.25, 0.3) is 0 Å². The number of methoxy groups -OCH3 is 1. The van der Waals surface area contributed by atoms with Gasteiger partial charge in [0, 0.05) is 20.0 Å². The summed E-state index contributed by atoms with van der Waals surface area (Å²) in [7, 11) is 2.59. The molecule has 8 nitrogen and oxygen atoms in total. The van der Waals surface area contributed by atoms with Gasteiger partial charge in [-0.25, -0.2) is 9.59 Å². The number of aliphatic hydroxyl groups is 1. The predicted octanol–water partition coefficient (Wildman–Crippen LogP) is -1.36. The van der Waals surface area contributed by atoms with E-state index in [1.54, 1.807) is 0 Å². The van der Waals surface area contributed by atoms with E-state index in [1.165, 1.54) is 14.2 Å². The van der Waals surface area contributed by atoms with Gasteiger partial charge in [-0.2, -0.15) is 0 Å². The summed E-state index contributed by atoms with van der Waals surface area (Å²) < 4.78 is 4.37. The first-order chi connectivity index (χ1) is 7.88. The van der Waals surface area contributed by atoms with Crippen LogP contribution in [0.4, 0.5) is 4.79 Å². The lowest BCUT2D eigenvalue weighted by molar-refractivity contribution is -0.146. The van der Waals surface area contributed by atoms with Gasteiger partial charge in [-0.05, 0) is 0 Å². The van der Waals surface area contributed by atoms with Crippen molar-refractivity contribution in [1.29, 1.82) is 0 Å². The van der Waals surface area contributed by atoms with Gasteiger partial charge < -0.3 is 25.2 Å². The highest BCUT2D eigenvalue weighted by Crippen LogP contribution is 1.91. The fourth-order valence-electron chi connectivity index (χ4n) is 0.904. The Kier molecular flexibility index (Phi) is 6.64. The molecule has 0 fully saturated rings. The third kappa shape index (κ3) is 6.36. The molecule has 0 rings (SSSR count). The molecule has 0 heterocycles. The van der Waals surface area contributed by atoms with Crippen molar-refractivity contribution in [1.82, 2.24) is 10.2 Å². The van der Waals surface area contributed by atoms with Crippen LogP contribution >= 0.6 is 0 Å². The number of carboxylic acids is 1. The SMILES string of the molecule is COC(=O)CN(C)C(=O)NCCC(O)C(=O)O. The Balaban J connectivity index is 3.86. The number of carbonyl (C=O) groups excluding carboxylic acids is 2. The fraction of sp³-hybridized carbons (Fsp3) is 0.667. The molecule has 1 unspecified atom stereocenters. The van der Waals surface area contributed by atoms with Crippen LogP contribution in [0.15, 0.2) is 0 Å². The molecule has 0 radical (unpaired) electrons. The molecule has 0 aliphatic heterocycles. The number of amides is 2. The number of aliphatic hydroxyl groups excluding tert-OH is 1. The van der Waals surface area contributed by atoms with Crippen molar-refractivity contribution >= 4 is 18.0 Å². The Labute approximate surface area is 98.2 Å². The van der Waals surface area contributed by atoms with Crippen molar-refractivity contribution in [3.8, 4) is 0 Å². The number of likely N-dealkylation sites (N-methyl/N-ethyl adjacent to an activating group) is 1. The Bertz CT molecular complexity index is 293. The summed E-state index contributed by atoms with van der Waals surface area (Å²) in [6.45, 7) is -0.207. The van der Waals surface area contributed by atoms with Gasteiger partial charge in [0.2, 0.25) is 0 Å². The molecule has 17 heavy (non-hydrogen) atoms. The number of hydrogen-bond acceptors (Lipinski definition) is 5. The smallest absolute Gasteiger partial charge is 0.332 e. The minimum absolute atomic E-state index is 0.00217. The summed E-state index contributed by atoms with van der Waals surface area (Å²) >= 11 is 0. The summed E-state index contributed by atoms with van der Waals surface area (Å²) in [5.41, 5.74) is 0. The number of carbonyl (C=O) groups is 3. The number of aliphatic carboxylic acids is 1. The van der Waals surface area contributed by atoms with E-state index >= 15 is 0 Å². The van der Waals surface area contributed by atoms with E-state index in [0.29, 0.717) is 0 Å². The standard InChI is InChI=1S/C9H16N2O6/c1-11(5-7(13)17-2)9(16)10-4-3-6(12)8(14)15/h6,12H,3-5H2,1-2H3,(H,10,16)(H,14,15). The molecular formula is C9H16N2O6. The number of carboxylic acid groups (broad SMARTS) is 1. The maximum absolute atomic E-state index is 11.3. The molecule has 0 aromatic carbocycles. The average Bonchev–Trinajstić information content (AvgIpc) is 2.28. The number of rotatable bonds is 6. The Morgan fingerprint density at radius 3 is 2.47 bits per heavy atom. The molecule has 0 aromatic rings. The van der Waals surface area contributed by atoms with Crippen molar-refractivity contribution < 1.29 is 29.3 Å².